The lowest BCUT2D eigenvalue weighted by Gasteiger charge is -2.44. The zero-order chi connectivity index (χ0) is 37.3. The highest BCUT2D eigenvalue weighted by atomic mass is 35.5. The first-order valence-corrected chi connectivity index (χ1v) is 18.8. The Labute approximate surface area is 323 Å². The predicted molar refractivity (Wildman–Crippen MR) is 212 cm³/mol. The van der Waals surface area contributed by atoms with Crippen LogP contribution in [0.25, 0.3) is 6.08 Å². The van der Waals surface area contributed by atoms with Crippen molar-refractivity contribution < 1.29 is 23.9 Å². The summed E-state index contributed by atoms with van der Waals surface area (Å²) >= 11 is 12.9. The Hall–Kier alpha value is -5.57. The van der Waals surface area contributed by atoms with Crippen molar-refractivity contribution in [3.05, 3.63) is 158 Å². The molecule has 10 heteroatoms. The topological polar surface area (TPSA) is 88.2 Å². The molecule has 54 heavy (non-hydrogen) atoms. The van der Waals surface area contributed by atoms with Crippen molar-refractivity contribution in [1.82, 2.24) is 5.32 Å². The van der Waals surface area contributed by atoms with Gasteiger partial charge in [0.2, 0.25) is 0 Å². The van der Waals surface area contributed by atoms with E-state index in [-0.39, 0.29) is 29.0 Å². The van der Waals surface area contributed by atoms with Gasteiger partial charge in [-0.15, -0.1) is 0 Å². The van der Waals surface area contributed by atoms with Crippen LogP contribution in [0.3, 0.4) is 0 Å². The van der Waals surface area contributed by atoms with E-state index < -0.39 is 17.8 Å². The predicted octanol–water partition coefficient (Wildman–Crippen LogP) is 9.52. The lowest BCUT2D eigenvalue weighted by molar-refractivity contribution is -0.122. The third-order valence-electron chi connectivity index (χ3n) is 10.3. The van der Waals surface area contributed by atoms with Crippen LogP contribution >= 0.6 is 23.2 Å². The van der Waals surface area contributed by atoms with E-state index in [0.717, 1.165) is 53.2 Å². The van der Waals surface area contributed by atoms with Crippen LogP contribution in [0.15, 0.2) is 115 Å². The maximum Gasteiger partial charge on any atom is 0.335 e. The molecule has 0 radical (unpaired) electrons. The number of nitrogens with one attached hydrogen (secondary N) is 1. The number of nitrogens with zero attached hydrogens (tertiary/aromatic N) is 2. The highest BCUT2D eigenvalue weighted by Gasteiger charge is 2.40. The summed E-state index contributed by atoms with van der Waals surface area (Å²) in [5.74, 6) is -0.760. The molecule has 0 saturated carbocycles. The lowest BCUT2D eigenvalue weighted by Crippen LogP contribution is -2.54. The largest absolute Gasteiger partial charge is 0.490 e. The number of benzene rings is 5. The van der Waals surface area contributed by atoms with Crippen LogP contribution in [0.2, 0.25) is 10.0 Å². The zero-order valence-corrected chi connectivity index (χ0v) is 31.1. The molecular weight excluding hydrogens is 721 g/mol. The molecule has 0 aromatic heterocycles. The van der Waals surface area contributed by atoms with Crippen molar-refractivity contribution >= 4 is 58.5 Å². The SMILES string of the molecule is CCOc1cc(/C=C2\C(=O)NC(=O)N(c3cc4c5c(c3)[C@H](c3ccccc3)CCN5CC[C@@H]4c3ccccc3)C2=O)cc(Cl)c1OCc1cccc(Cl)c1. The van der Waals surface area contributed by atoms with E-state index >= 15 is 0 Å². The number of anilines is 2. The molecule has 272 valence electrons. The maximum atomic E-state index is 14.4. The van der Waals surface area contributed by atoms with Gasteiger partial charge in [-0.1, -0.05) is 96.0 Å². The van der Waals surface area contributed by atoms with Gasteiger partial charge < -0.3 is 14.4 Å². The second-order valence-electron chi connectivity index (χ2n) is 13.6. The molecule has 0 aliphatic carbocycles. The molecular formula is C44H37Cl2N3O5. The number of carbonyl (C=O) groups excluding carboxylic acids is 3. The lowest BCUT2D eigenvalue weighted by atomic mass is 9.76. The highest BCUT2D eigenvalue weighted by Crippen LogP contribution is 2.50. The van der Waals surface area contributed by atoms with Gasteiger partial charge in [-0.2, -0.15) is 0 Å². The average molecular weight is 759 g/mol. The Morgan fingerprint density at radius 3 is 2.04 bits per heavy atom. The summed E-state index contributed by atoms with van der Waals surface area (Å²) in [7, 11) is 0. The Kier molecular flexibility index (Phi) is 9.88. The summed E-state index contributed by atoms with van der Waals surface area (Å²) < 4.78 is 11.9. The number of barbiturate groups is 1. The van der Waals surface area contributed by atoms with Crippen LogP contribution in [-0.2, 0) is 16.2 Å². The summed E-state index contributed by atoms with van der Waals surface area (Å²) in [6, 6.07) is 34.3. The second kappa shape index (κ2) is 15.0. The first-order valence-electron chi connectivity index (χ1n) is 18.1. The van der Waals surface area contributed by atoms with Crippen molar-refractivity contribution in [3.63, 3.8) is 0 Å². The third kappa shape index (κ3) is 6.83. The Morgan fingerprint density at radius 1 is 0.778 bits per heavy atom. The van der Waals surface area contributed by atoms with E-state index in [0.29, 0.717) is 34.4 Å². The molecule has 1 saturated heterocycles. The molecule has 5 aromatic rings. The van der Waals surface area contributed by atoms with Gasteiger partial charge in [0.25, 0.3) is 11.8 Å². The number of hydrogen-bond acceptors (Lipinski definition) is 6. The van der Waals surface area contributed by atoms with Crippen molar-refractivity contribution in [3.8, 4) is 11.5 Å². The molecule has 0 unspecified atom stereocenters. The second-order valence-corrected chi connectivity index (χ2v) is 14.4. The first kappa shape index (κ1) is 35.5. The minimum absolute atomic E-state index is 0.0593. The fourth-order valence-corrected chi connectivity index (χ4v) is 8.37. The third-order valence-corrected chi connectivity index (χ3v) is 10.8. The fraction of sp³-hybridized carbons (Fsp3) is 0.205. The summed E-state index contributed by atoms with van der Waals surface area (Å²) in [4.78, 5) is 45.0. The van der Waals surface area contributed by atoms with E-state index in [2.05, 4.69) is 34.5 Å². The first-order chi connectivity index (χ1) is 26.3. The Bertz CT molecular complexity index is 2220. The molecule has 5 aromatic carbocycles. The van der Waals surface area contributed by atoms with Gasteiger partial charge in [-0.05, 0) is 95.6 Å². The number of carbonyl (C=O) groups is 3. The molecule has 0 spiro atoms. The number of imide groups is 2. The Morgan fingerprint density at radius 2 is 1.43 bits per heavy atom. The molecule has 2 atom stereocenters. The van der Waals surface area contributed by atoms with E-state index in [1.165, 1.54) is 17.2 Å². The molecule has 1 N–H and O–H groups in total. The molecule has 0 bridgehead atoms. The van der Waals surface area contributed by atoms with Gasteiger partial charge in [0.15, 0.2) is 11.5 Å². The van der Waals surface area contributed by atoms with E-state index in [4.69, 9.17) is 32.7 Å². The Balaban J connectivity index is 1.19. The molecule has 3 heterocycles. The van der Waals surface area contributed by atoms with Crippen molar-refractivity contribution in [2.45, 2.75) is 38.2 Å². The van der Waals surface area contributed by atoms with Crippen LogP contribution in [0.5, 0.6) is 11.5 Å². The normalized spacial score (nSPS) is 18.7. The number of ether oxygens (including phenoxy) is 2. The van der Waals surface area contributed by atoms with Gasteiger partial charge >= 0.3 is 6.03 Å². The standard InChI is InChI=1S/C44H37Cl2N3O5/c1-2-53-39-23-28(22-38(46)41(39)54-26-27-10-9-15-31(45)20-27)21-37-42(50)47-44(52)49(43(37)51)32-24-35-33(29-11-5-3-6-12-29)16-18-48-19-17-34(36(25-32)40(35)48)30-13-7-4-8-14-30/h3-15,20-25,33-34H,2,16-19,26H2,1H3,(H,47,50,52)/b37-21+/t33-,34+. The summed E-state index contributed by atoms with van der Waals surface area (Å²) in [5, 5.41) is 3.22. The maximum absolute atomic E-state index is 14.4. The van der Waals surface area contributed by atoms with Crippen molar-refractivity contribution in [2.24, 2.45) is 0 Å². The highest BCUT2D eigenvalue weighted by molar-refractivity contribution is 6.39. The monoisotopic (exact) mass is 757 g/mol. The van der Waals surface area contributed by atoms with E-state index in [1.807, 2.05) is 67.6 Å². The van der Waals surface area contributed by atoms with E-state index in [9.17, 15) is 14.4 Å². The molecule has 8 rings (SSSR count). The number of rotatable bonds is 9. The summed E-state index contributed by atoms with van der Waals surface area (Å²) in [6.07, 6.45) is 3.21. The molecule has 3 aliphatic rings. The molecule has 4 amide bonds. The molecule has 3 aliphatic heterocycles. The quantitative estimate of drug-likeness (QED) is 0.119. The van der Waals surface area contributed by atoms with Crippen LogP contribution < -0.4 is 24.6 Å². The van der Waals surface area contributed by atoms with Gasteiger partial charge in [0, 0.05) is 35.6 Å². The van der Waals surface area contributed by atoms with Crippen LogP contribution in [-0.4, -0.2) is 37.5 Å². The molecule has 8 nitrogen and oxygen atoms in total. The van der Waals surface area contributed by atoms with Crippen LogP contribution in [0.4, 0.5) is 16.2 Å². The minimum atomic E-state index is -0.803. The number of halogens is 2. The van der Waals surface area contributed by atoms with Crippen LogP contribution in [0.1, 0.15) is 65.0 Å². The number of amides is 4. The summed E-state index contributed by atoms with van der Waals surface area (Å²) in [6.45, 7) is 4.15. The average Bonchev–Trinajstić information content (AvgIpc) is 3.17. The summed E-state index contributed by atoms with van der Waals surface area (Å²) in [5.41, 5.74) is 7.09. The van der Waals surface area contributed by atoms with E-state index in [1.54, 1.807) is 24.3 Å². The van der Waals surface area contributed by atoms with Gasteiger partial charge in [-0.25, -0.2) is 9.69 Å². The fourth-order valence-electron chi connectivity index (χ4n) is 7.88. The van der Waals surface area contributed by atoms with Gasteiger partial charge in [0.05, 0.1) is 17.3 Å². The number of urea groups is 1. The zero-order valence-electron chi connectivity index (χ0n) is 29.6. The van der Waals surface area contributed by atoms with Gasteiger partial charge in [-0.3, -0.25) is 14.9 Å². The van der Waals surface area contributed by atoms with Crippen molar-refractivity contribution in [2.75, 3.05) is 29.5 Å². The molecule has 1 fully saturated rings. The smallest absolute Gasteiger partial charge is 0.335 e. The number of hydrogen-bond donors (Lipinski definition) is 1. The minimum Gasteiger partial charge on any atom is -0.490 e. The van der Waals surface area contributed by atoms with Crippen LogP contribution in [0, 0.1) is 0 Å². The van der Waals surface area contributed by atoms with Crippen molar-refractivity contribution in [1.29, 1.82) is 0 Å². The van der Waals surface area contributed by atoms with Gasteiger partial charge in [0.1, 0.15) is 12.2 Å².